The molecule has 1 saturated heterocycles. The summed E-state index contributed by atoms with van der Waals surface area (Å²) in [7, 11) is -0.612. The molecule has 26 heavy (non-hydrogen) atoms. The predicted octanol–water partition coefficient (Wildman–Crippen LogP) is 0.431. The zero-order chi connectivity index (χ0) is 19.2. The lowest BCUT2D eigenvalue weighted by Gasteiger charge is -2.18. The largest absolute Gasteiger partial charge is 0.465 e. The van der Waals surface area contributed by atoms with Crippen LogP contribution in [-0.4, -0.2) is 73.5 Å². The van der Waals surface area contributed by atoms with Crippen LogP contribution in [0.25, 0.3) is 0 Å². The van der Waals surface area contributed by atoms with E-state index in [1.54, 1.807) is 6.92 Å². The molecule has 1 aromatic rings. The summed E-state index contributed by atoms with van der Waals surface area (Å²) in [4.78, 5) is 26.7. The molecule has 1 fully saturated rings. The number of furan rings is 1. The average Bonchev–Trinajstić information content (AvgIpc) is 3.07. The highest BCUT2D eigenvalue weighted by molar-refractivity contribution is 7.89. The maximum Gasteiger partial charge on any atom is 0.258 e. The Morgan fingerprint density at radius 1 is 1.31 bits per heavy atom. The van der Waals surface area contributed by atoms with E-state index in [0.717, 1.165) is 4.31 Å². The fraction of sp³-hybridized carbons (Fsp3) is 0.647. The van der Waals surface area contributed by atoms with Crippen LogP contribution in [0, 0.1) is 12.8 Å². The van der Waals surface area contributed by atoms with E-state index in [2.05, 4.69) is 0 Å². The number of sulfonamides is 1. The summed E-state index contributed by atoms with van der Waals surface area (Å²) in [6, 6.07) is 0. The van der Waals surface area contributed by atoms with Gasteiger partial charge in [0.1, 0.15) is 11.5 Å². The van der Waals surface area contributed by atoms with Crippen molar-refractivity contribution in [3.8, 4) is 0 Å². The van der Waals surface area contributed by atoms with Gasteiger partial charge in [-0.1, -0.05) is 0 Å². The number of carbonyl (C=O) groups is 2. The molecular formula is C17H24N2O6S. The van der Waals surface area contributed by atoms with Crippen molar-refractivity contribution in [1.29, 1.82) is 0 Å². The highest BCUT2D eigenvalue weighted by Gasteiger charge is 2.40. The van der Waals surface area contributed by atoms with Crippen molar-refractivity contribution in [2.24, 2.45) is 5.92 Å². The van der Waals surface area contributed by atoms with Crippen molar-refractivity contribution in [2.75, 3.05) is 32.9 Å². The number of nitrogens with zero attached hydrogens (tertiary/aromatic N) is 2. The number of aryl methyl sites for hydroxylation is 2. The highest BCUT2D eigenvalue weighted by Crippen LogP contribution is 2.32. The minimum absolute atomic E-state index is 0.0417. The third-order valence-corrected chi connectivity index (χ3v) is 7.09. The molecule has 2 heterocycles. The number of fused-ring (bicyclic) bond motifs is 1. The molecule has 0 saturated carbocycles. The molecular weight excluding hydrogens is 360 g/mol. The number of aliphatic hydroxyl groups is 1. The lowest BCUT2D eigenvalue weighted by atomic mass is 9.93. The first-order chi connectivity index (χ1) is 12.1. The molecule has 0 radical (unpaired) electrons. The van der Waals surface area contributed by atoms with Gasteiger partial charge in [-0.25, -0.2) is 12.7 Å². The Kier molecular flexibility index (Phi) is 4.98. The summed E-state index contributed by atoms with van der Waals surface area (Å²) < 4.78 is 30.9. The van der Waals surface area contributed by atoms with Crippen molar-refractivity contribution in [3.63, 3.8) is 0 Å². The summed E-state index contributed by atoms with van der Waals surface area (Å²) in [5.41, 5.74) is 0.616. The highest BCUT2D eigenvalue weighted by atomic mass is 32.2. The zero-order valence-corrected chi connectivity index (χ0v) is 16.0. The maximum atomic E-state index is 13.0. The molecule has 2 aliphatic rings. The van der Waals surface area contributed by atoms with Gasteiger partial charge in [0, 0.05) is 45.9 Å². The molecule has 0 unspecified atom stereocenters. The fourth-order valence-corrected chi connectivity index (χ4v) is 4.79. The quantitative estimate of drug-likeness (QED) is 0.807. The Hall–Kier alpha value is -1.71. The number of hydrogen-bond acceptors (Lipinski definition) is 6. The monoisotopic (exact) mass is 384 g/mol. The molecule has 1 amide bonds. The van der Waals surface area contributed by atoms with Gasteiger partial charge in [-0.15, -0.1) is 0 Å². The second-order valence-corrected chi connectivity index (χ2v) is 9.43. The first kappa shape index (κ1) is 19.1. The van der Waals surface area contributed by atoms with E-state index in [1.165, 1.54) is 19.0 Å². The number of likely N-dealkylation sites (tertiary alicyclic amines) is 1. The average molecular weight is 384 g/mol. The van der Waals surface area contributed by atoms with Gasteiger partial charge in [-0.3, -0.25) is 9.59 Å². The van der Waals surface area contributed by atoms with Crippen LogP contribution < -0.4 is 0 Å². The smallest absolute Gasteiger partial charge is 0.258 e. The van der Waals surface area contributed by atoms with Crippen LogP contribution in [0.3, 0.4) is 0 Å². The Morgan fingerprint density at radius 2 is 2.00 bits per heavy atom. The van der Waals surface area contributed by atoms with E-state index in [9.17, 15) is 23.1 Å². The van der Waals surface area contributed by atoms with Gasteiger partial charge >= 0.3 is 0 Å². The molecule has 0 aromatic carbocycles. The van der Waals surface area contributed by atoms with Crippen LogP contribution in [0.1, 0.15) is 45.1 Å². The minimum atomic E-state index is -3.49. The number of amides is 1. The molecule has 8 nitrogen and oxygen atoms in total. The van der Waals surface area contributed by atoms with Crippen molar-refractivity contribution in [3.05, 3.63) is 22.6 Å². The van der Waals surface area contributed by atoms with Crippen LogP contribution in [0.15, 0.2) is 4.42 Å². The van der Waals surface area contributed by atoms with Crippen LogP contribution in [-0.2, 0) is 16.4 Å². The molecule has 1 aromatic heterocycles. The summed E-state index contributed by atoms with van der Waals surface area (Å²) in [6.07, 6.45) is 0.798. The van der Waals surface area contributed by atoms with Crippen molar-refractivity contribution >= 4 is 21.7 Å². The van der Waals surface area contributed by atoms with Crippen molar-refractivity contribution in [1.82, 2.24) is 9.21 Å². The lowest BCUT2D eigenvalue weighted by Crippen LogP contribution is -2.34. The zero-order valence-electron chi connectivity index (χ0n) is 15.2. The third-order valence-electron chi connectivity index (χ3n) is 5.13. The molecule has 1 aliphatic heterocycles. The van der Waals surface area contributed by atoms with Crippen LogP contribution >= 0.6 is 0 Å². The summed E-state index contributed by atoms with van der Waals surface area (Å²) >= 11 is 0. The Morgan fingerprint density at radius 3 is 2.65 bits per heavy atom. The number of hydrogen-bond donors (Lipinski definition) is 1. The van der Waals surface area contributed by atoms with E-state index in [0.29, 0.717) is 36.3 Å². The molecule has 144 valence electrons. The first-order valence-corrected chi connectivity index (χ1v) is 10.3. The third kappa shape index (κ3) is 3.30. The van der Waals surface area contributed by atoms with Gasteiger partial charge in [0.05, 0.1) is 23.0 Å². The summed E-state index contributed by atoms with van der Waals surface area (Å²) in [5.74, 6) is -0.330. The topological polar surface area (TPSA) is 108 Å². The molecule has 0 bridgehead atoms. The van der Waals surface area contributed by atoms with E-state index >= 15 is 0 Å². The maximum absolute atomic E-state index is 13.0. The Balaban J connectivity index is 1.82. The van der Waals surface area contributed by atoms with Crippen molar-refractivity contribution in [2.45, 2.75) is 32.3 Å². The fourth-order valence-electron chi connectivity index (χ4n) is 3.63. The second kappa shape index (κ2) is 6.79. The normalized spacial score (nSPS) is 23.6. The van der Waals surface area contributed by atoms with Gasteiger partial charge in [-0.2, -0.15) is 0 Å². The van der Waals surface area contributed by atoms with E-state index in [4.69, 9.17) is 4.42 Å². The number of β-amino-alcohol motifs (C(OH)–C–C–N with tert-alkyl or cyclic N) is 1. The number of Topliss-reactive ketones (excluding diaryl/α,β-unsaturated/α-hetero) is 1. The Labute approximate surface area is 152 Å². The first-order valence-electron chi connectivity index (χ1n) is 8.64. The van der Waals surface area contributed by atoms with E-state index in [-0.39, 0.29) is 36.1 Å². The number of ketones is 1. The second-order valence-electron chi connectivity index (χ2n) is 7.21. The standard InChI is InChI=1S/C17H24N2O6S/c1-10-15(16-12(20)5-4-6-14(16)25-10)17(22)19-7-11(13(21)8-19)9-26(23,24)18(2)3/h11,13,21H,4-9H2,1-3H3/t11-,13-/m0/s1. The van der Waals surface area contributed by atoms with Crippen LogP contribution in [0.4, 0.5) is 0 Å². The van der Waals surface area contributed by atoms with E-state index < -0.39 is 22.0 Å². The molecule has 9 heteroatoms. The molecule has 1 N–H and O–H groups in total. The molecule has 3 rings (SSSR count). The summed E-state index contributed by atoms with van der Waals surface area (Å²) in [5, 5.41) is 10.2. The molecule has 1 aliphatic carbocycles. The van der Waals surface area contributed by atoms with Gasteiger partial charge in [0.25, 0.3) is 5.91 Å². The SMILES string of the molecule is Cc1oc2c(c1C(=O)N1C[C@@H](CS(=O)(=O)N(C)C)[C@@H](O)C1)C(=O)CCC2. The predicted molar refractivity (Wildman–Crippen MR) is 93.6 cm³/mol. The van der Waals surface area contributed by atoms with Gasteiger partial charge in [0.15, 0.2) is 5.78 Å². The lowest BCUT2D eigenvalue weighted by molar-refractivity contribution is 0.0758. The minimum Gasteiger partial charge on any atom is -0.465 e. The molecule has 2 atom stereocenters. The van der Waals surface area contributed by atoms with Crippen molar-refractivity contribution < 1.29 is 27.5 Å². The number of carbonyl (C=O) groups excluding carboxylic acids is 2. The van der Waals surface area contributed by atoms with Gasteiger partial charge < -0.3 is 14.4 Å². The van der Waals surface area contributed by atoms with Gasteiger partial charge in [-0.05, 0) is 13.3 Å². The number of rotatable bonds is 4. The van der Waals surface area contributed by atoms with Crippen LogP contribution in [0.5, 0.6) is 0 Å². The van der Waals surface area contributed by atoms with E-state index in [1.807, 2.05) is 0 Å². The Bertz CT molecular complexity index is 842. The van der Waals surface area contributed by atoms with Gasteiger partial charge in [0.2, 0.25) is 10.0 Å². The molecule has 0 spiro atoms. The number of aliphatic hydroxyl groups excluding tert-OH is 1. The summed E-state index contributed by atoms with van der Waals surface area (Å²) in [6.45, 7) is 1.82. The van der Waals surface area contributed by atoms with Crippen LogP contribution in [0.2, 0.25) is 0 Å².